The zero-order valence-electron chi connectivity index (χ0n) is 10.3. The first kappa shape index (κ1) is 11.6. The second-order valence-corrected chi connectivity index (χ2v) is 4.11. The molecule has 0 fully saturated rings. The number of benzene rings is 1. The highest BCUT2D eigenvalue weighted by molar-refractivity contribution is 5.67. The average molecular weight is 258 g/mol. The maximum absolute atomic E-state index is 13.0. The van der Waals surface area contributed by atoms with Crippen molar-refractivity contribution < 1.29 is 13.5 Å². The van der Waals surface area contributed by atoms with Crippen molar-refractivity contribution in [3.8, 4) is 5.75 Å². The number of nitrogens with zero attached hydrogens (tertiary/aromatic N) is 2. The molecule has 0 spiro atoms. The number of oxazole rings is 1. The van der Waals surface area contributed by atoms with Crippen LogP contribution in [0.2, 0.25) is 0 Å². The van der Waals surface area contributed by atoms with Gasteiger partial charge in [-0.1, -0.05) is 12.1 Å². The Morgan fingerprint density at radius 2 is 2.05 bits per heavy atom. The van der Waals surface area contributed by atoms with Crippen LogP contribution in [0.3, 0.4) is 0 Å². The molecule has 19 heavy (non-hydrogen) atoms. The van der Waals surface area contributed by atoms with Crippen LogP contribution in [-0.4, -0.2) is 17.1 Å². The molecule has 0 atom stereocenters. The van der Waals surface area contributed by atoms with Gasteiger partial charge < -0.3 is 9.15 Å². The fourth-order valence-corrected chi connectivity index (χ4v) is 1.84. The molecule has 2 heterocycles. The first-order valence-electron chi connectivity index (χ1n) is 5.78. The van der Waals surface area contributed by atoms with Crippen molar-refractivity contribution in [3.63, 3.8) is 0 Å². The molecule has 0 unspecified atom stereocenters. The lowest BCUT2D eigenvalue weighted by Crippen LogP contribution is -1.88. The number of hydrogen-bond donors (Lipinski definition) is 0. The van der Waals surface area contributed by atoms with Gasteiger partial charge in [0, 0.05) is 12.5 Å². The van der Waals surface area contributed by atoms with Gasteiger partial charge in [0.25, 0.3) is 0 Å². The quantitative estimate of drug-likeness (QED) is 0.724. The van der Waals surface area contributed by atoms with E-state index >= 15 is 0 Å². The molecule has 0 N–H and O–H groups in total. The van der Waals surface area contributed by atoms with Gasteiger partial charge >= 0.3 is 0 Å². The predicted octanol–water partition coefficient (Wildman–Crippen LogP) is 2.96. The maximum atomic E-state index is 13.0. The summed E-state index contributed by atoms with van der Waals surface area (Å²) in [6.07, 6.45) is 1.65. The number of fused-ring (bicyclic) bond motifs is 1. The van der Waals surface area contributed by atoms with Crippen LogP contribution < -0.4 is 4.74 Å². The number of pyridine rings is 1. The summed E-state index contributed by atoms with van der Waals surface area (Å²) in [6.45, 7) is 0. The molecular weight excluding hydrogens is 247 g/mol. The Kier molecular flexibility index (Phi) is 2.87. The van der Waals surface area contributed by atoms with Crippen LogP contribution in [0.25, 0.3) is 11.2 Å². The molecule has 1 aromatic carbocycles. The summed E-state index contributed by atoms with van der Waals surface area (Å²) >= 11 is 0. The Labute approximate surface area is 108 Å². The highest BCUT2D eigenvalue weighted by atomic mass is 19.1. The van der Waals surface area contributed by atoms with E-state index in [1.165, 1.54) is 6.07 Å². The van der Waals surface area contributed by atoms with E-state index in [2.05, 4.69) is 9.97 Å². The zero-order valence-corrected chi connectivity index (χ0v) is 10.3. The molecule has 2 aromatic heterocycles. The number of hydrogen-bond acceptors (Lipinski definition) is 4. The van der Waals surface area contributed by atoms with Crippen LogP contribution >= 0.6 is 0 Å². The van der Waals surface area contributed by atoms with E-state index in [1.54, 1.807) is 7.11 Å². The average Bonchev–Trinajstić information content (AvgIpc) is 2.81. The van der Waals surface area contributed by atoms with Crippen molar-refractivity contribution in [2.24, 2.45) is 0 Å². The third kappa shape index (κ3) is 2.40. The molecule has 0 saturated carbocycles. The van der Waals surface area contributed by atoms with Gasteiger partial charge in [-0.2, -0.15) is 0 Å². The third-order valence-corrected chi connectivity index (χ3v) is 2.77. The Hall–Kier alpha value is -2.43. The van der Waals surface area contributed by atoms with E-state index in [-0.39, 0.29) is 0 Å². The van der Waals surface area contributed by atoms with E-state index in [9.17, 15) is 4.39 Å². The van der Waals surface area contributed by atoms with Crippen molar-refractivity contribution in [1.82, 2.24) is 9.97 Å². The minimum absolute atomic E-state index is 0.352. The monoisotopic (exact) mass is 258 g/mol. The van der Waals surface area contributed by atoms with Crippen molar-refractivity contribution in [2.45, 2.75) is 6.42 Å². The molecule has 0 bridgehead atoms. The lowest BCUT2D eigenvalue weighted by Gasteiger charge is -2.00. The number of methoxy groups -OCH3 is 1. The Morgan fingerprint density at radius 3 is 2.79 bits per heavy atom. The Morgan fingerprint density at radius 1 is 1.26 bits per heavy atom. The van der Waals surface area contributed by atoms with Crippen molar-refractivity contribution in [2.75, 3.05) is 7.11 Å². The molecule has 4 nitrogen and oxygen atoms in total. The van der Waals surface area contributed by atoms with Crippen molar-refractivity contribution >= 4 is 11.2 Å². The minimum atomic E-state index is -0.420. The lowest BCUT2D eigenvalue weighted by molar-refractivity contribution is 0.414. The second-order valence-electron chi connectivity index (χ2n) is 4.11. The van der Waals surface area contributed by atoms with Crippen LogP contribution in [0.5, 0.6) is 5.75 Å². The fourth-order valence-electron chi connectivity index (χ4n) is 1.84. The van der Waals surface area contributed by atoms with E-state index in [4.69, 9.17) is 9.15 Å². The summed E-state index contributed by atoms with van der Waals surface area (Å²) in [4.78, 5) is 8.06. The largest absolute Gasteiger partial charge is 0.497 e. The first-order chi connectivity index (χ1) is 9.24. The smallest absolute Gasteiger partial charge is 0.247 e. The van der Waals surface area contributed by atoms with Gasteiger partial charge in [0.15, 0.2) is 0 Å². The number of rotatable bonds is 3. The molecule has 0 saturated heterocycles. The molecule has 5 heteroatoms. The van der Waals surface area contributed by atoms with Crippen LogP contribution in [0, 0.1) is 5.82 Å². The number of ether oxygens (including phenoxy) is 1. The lowest BCUT2D eigenvalue weighted by atomic mass is 10.1. The summed E-state index contributed by atoms with van der Waals surface area (Å²) in [5, 5.41) is 0. The van der Waals surface area contributed by atoms with Gasteiger partial charge in [-0.15, -0.1) is 0 Å². The zero-order chi connectivity index (χ0) is 13.2. The molecule has 0 radical (unpaired) electrons. The van der Waals surface area contributed by atoms with Crippen LogP contribution in [0.15, 0.2) is 40.9 Å². The Balaban J connectivity index is 1.87. The molecule has 3 rings (SSSR count). The summed E-state index contributed by atoms with van der Waals surface area (Å²) in [5.41, 5.74) is 1.82. The summed E-state index contributed by atoms with van der Waals surface area (Å²) in [7, 11) is 1.62. The molecule has 96 valence electrons. The van der Waals surface area contributed by atoms with E-state index < -0.39 is 5.82 Å². The molecule has 0 aliphatic rings. The van der Waals surface area contributed by atoms with Gasteiger partial charge in [0.2, 0.25) is 11.6 Å². The highest BCUT2D eigenvalue weighted by Gasteiger charge is 2.08. The first-order valence-corrected chi connectivity index (χ1v) is 5.78. The van der Waals surface area contributed by atoms with Crippen LogP contribution in [0.4, 0.5) is 4.39 Å². The van der Waals surface area contributed by atoms with Crippen molar-refractivity contribution in [1.29, 1.82) is 0 Å². The molecule has 0 aliphatic carbocycles. The molecule has 0 aliphatic heterocycles. The number of halogens is 1. The van der Waals surface area contributed by atoms with Gasteiger partial charge in [-0.25, -0.2) is 14.4 Å². The predicted molar refractivity (Wildman–Crippen MR) is 67.6 cm³/mol. The van der Waals surface area contributed by atoms with Crippen LogP contribution in [0.1, 0.15) is 11.5 Å². The van der Waals surface area contributed by atoms with Gasteiger partial charge in [-0.05, 0) is 17.7 Å². The third-order valence-electron chi connectivity index (χ3n) is 2.77. The minimum Gasteiger partial charge on any atom is -0.497 e. The normalized spacial score (nSPS) is 10.8. The molecule has 0 amide bonds. The highest BCUT2D eigenvalue weighted by Crippen LogP contribution is 2.18. The van der Waals surface area contributed by atoms with E-state index in [1.807, 2.05) is 24.3 Å². The second kappa shape index (κ2) is 4.68. The fraction of sp³-hybridized carbons (Fsp3) is 0.143. The summed E-state index contributed by atoms with van der Waals surface area (Å²) < 4.78 is 23.6. The maximum Gasteiger partial charge on any atom is 0.247 e. The Bertz CT molecular complexity index is 707. The SMILES string of the molecule is COc1ccc(Cc2nc3cc(F)cnc3o2)cc1. The van der Waals surface area contributed by atoms with E-state index in [0.717, 1.165) is 17.5 Å². The van der Waals surface area contributed by atoms with Crippen molar-refractivity contribution in [3.05, 3.63) is 53.8 Å². The molecule has 3 aromatic rings. The number of aromatic nitrogens is 2. The summed E-state index contributed by atoms with van der Waals surface area (Å²) in [6, 6.07) is 8.92. The van der Waals surface area contributed by atoms with Gasteiger partial charge in [-0.3, -0.25) is 0 Å². The summed E-state index contributed by atoms with van der Waals surface area (Å²) in [5.74, 6) is 0.889. The van der Waals surface area contributed by atoms with E-state index in [0.29, 0.717) is 23.5 Å². The topological polar surface area (TPSA) is 48.2 Å². The molecular formula is C14H11FN2O2. The van der Waals surface area contributed by atoms with Crippen LogP contribution in [-0.2, 0) is 6.42 Å². The van der Waals surface area contributed by atoms with Gasteiger partial charge in [0.05, 0.1) is 13.3 Å². The standard InChI is InChI=1S/C14H11FN2O2/c1-18-11-4-2-9(3-5-11)6-13-17-12-7-10(15)8-16-14(12)19-13/h2-5,7-8H,6H2,1H3. The van der Waals surface area contributed by atoms with Gasteiger partial charge in [0.1, 0.15) is 17.1 Å².